The van der Waals surface area contributed by atoms with Gasteiger partial charge < -0.3 is 14.2 Å². The fourth-order valence-electron chi connectivity index (χ4n) is 9.96. The summed E-state index contributed by atoms with van der Waals surface area (Å²) < 4.78 is 27.7. The number of hydrogen-bond acceptors (Lipinski definition) is 3. The van der Waals surface area contributed by atoms with Crippen LogP contribution in [0.4, 0.5) is 0 Å². The lowest BCUT2D eigenvalue weighted by molar-refractivity contribution is 0.164. The normalized spacial score (nSPS) is 13.7. The van der Waals surface area contributed by atoms with Gasteiger partial charge in [-0.15, -0.1) is 0 Å². The van der Waals surface area contributed by atoms with Crippen LogP contribution in [0.3, 0.4) is 0 Å². The van der Waals surface area contributed by atoms with Crippen molar-refractivity contribution < 1.29 is 18.7 Å². The maximum Gasteiger partial charge on any atom is 0.338 e. The summed E-state index contributed by atoms with van der Waals surface area (Å²) in [6.45, 7) is 12.6. The molecular weight excluding hydrogens is 852 g/mol. The van der Waals surface area contributed by atoms with E-state index in [0.717, 1.165) is 54.5 Å². The number of unbranched alkanes of at least 4 members (excludes halogenated alkanes) is 30. The highest BCUT2D eigenvalue weighted by Gasteiger charge is 2.44. The van der Waals surface area contributed by atoms with E-state index < -0.39 is 12.8 Å². The molecule has 0 aliphatic heterocycles. The zero-order valence-corrected chi connectivity index (χ0v) is 46.1. The molecule has 0 aliphatic carbocycles. The first-order chi connectivity index (χ1) is 33.1. The molecule has 1 N–H and O–H groups in total. The predicted molar refractivity (Wildman–Crippen MR) is 297 cm³/mol. The quantitative estimate of drug-likeness (QED) is 0.0453. The molecule has 0 saturated carbocycles. The summed E-state index contributed by atoms with van der Waals surface area (Å²) in [6.07, 6.45) is 46.2. The molecule has 386 valence electrons. The van der Waals surface area contributed by atoms with Crippen molar-refractivity contribution in [3.63, 3.8) is 0 Å². The molecule has 0 bridgehead atoms. The van der Waals surface area contributed by atoms with E-state index in [1.54, 1.807) is 0 Å². The molecule has 0 heterocycles. The predicted octanol–water partition coefficient (Wildman–Crippen LogP) is 20.8. The number of benzene rings is 3. The average molecular weight is 958 g/mol. The number of hydrogen-bond donors (Lipinski definition) is 1. The van der Waals surface area contributed by atoms with E-state index in [4.69, 9.17) is 9.26 Å². The second kappa shape index (κ2) is 37.4. The van der Waals surface area contributed by atoms with Gasteiger partial charge in [-0.3, -0.25) is 4.57 Å². The van der Waals surface area contributed by atoms with Crippen molar-refractivity contribution in [2.45, 2.75) is 290 Å². The average Bonchev–Trinajstić information content (AvgIpc) is 3.32. The van der Waals surface area contributed by atoms with E-state index in [2.05, 4.69) is 93.6 Å². The molecule has 0 aromatic heterocycles. The highest BCUT2D eigenvalue weighted by Crippen LogP contribution is 2.62. The monoisotopic (exact) mass is 957 g/mol. The van der Waals surface area contributed by atoms with Gasteiger partial charge in [-0.2, -0.15) is 0 Å². The second-order valence-corrected chi connectivity index (χ2v) is 23.9. The molecule has 0 saturated heterocycles. The van der Waals surface area contributed by atoms with Crippen molar-refractivity contribution in [2.75, 3.05) is 0 Å². The minimum atomic E-state index is -4.09. The Kier molecular flexibility index (Phi) is 33.0. The summed E-state index contributed by atoms with van der Waals surface area (Å²) in [6, 6.07) is 25.4. The smallest absolute Gasteiger partial charge is 0.338 e. The summed E-state index contributed by atoms with van der Waals surface area (Å²) in [4.78, 5) is 11.8. The summed E-state index contributed by atoms with van der Waals surface area (Å²) in [7, 11) is -4.09. The molecule has 0 amide bonds. The van der Waals surface area contributed by atoms with Crippen molar-refractivity contribution >= 4 is 7.60 Å². The van der Waals surface area contributed by atoms with Crippen LogP contribution in [0.25, 0.3) is 0 Å². The van der Waals surface area contributed by atoms with Crippen molar-refractivity contribution in [2.24, 2.45) is 0 Å². The van der Waals surface area contributed by atoms with Crippen LogP contribution in [0.1, 0.15) is 288 Å². The zero-order chi connectivity index (χ0) is 49.0. The minimum Gasteiger partial charge on any atom is -0.490 e. The molecule has 4 nitrogen and oxygen atoms in total. The topological polar surface area (TPSA) is 55.8 Å². The Hall–Kier alpha value is -2.39. The fourth-order valence-corrected chi connectivity index (χ4v) is 11.3. The fraction of sp³-hybridized carbons (Fsp3) is 0.714. The van der Waals surface area contributed by atoms with Gasteiger partial charge in [-0.1, -0.05) is 286 Å². The highest BCUT2D eigenvalue weighted by atomic mass is 31.2. The molecule has 3 rings (SSSR count). The summed E-state index contributed by atoms with van der Waals surface area (Å²) in [5.74, 6) is 0.923. The molecule has 0 radical (unpaired) electrons. The molecule has 3 atom stereocenters. The molecular formula is C63H105O4P. The van der Waals surface area contributed by atoms with E-state index in [0.29, 0.717) is 12.8 Å². The molecule has 0 spiro atoms. The molecule has 3 unspecified atom stereocenters. The third-order valence-corrected chi connectivity index (χ3v) is 17.0. The van der Waals surface area contributed by atoms with Gasteiger partial charge >= 0.3 is 7.60 Å². The molecule has 0 fully saturated rings. The number of ether oxygens (including phenoxy) is 1. The van der Waals surface area contributed by atoms with Crippen molar-refractivity contribution in [3.8, 4) is 5.75 Å². The Morgan fingerprint density at radius 3 is 1.07 bits per heavy atom. The lowest BCUT2D eigenvalue weighted by atomic mass is 9.90. The largest absolute Gasteiger partial charge is 0.490 e. The van der Waals surface area contributed by atoms with E-state index >= 15 is 0 Å². The van der Waals surface area contributed by atoms with E-state index in [-0.39, 0.29) is 12.2 Å². The summed E-state index contributed by atoms with van der Waals surface area (Å²) >= 11 is 0. The van der Waals surface area contributed by atoms with E-state index in [1.165, 1.54) is 197 Å². The Balaban J connectivity index is 1.54. The van der Waals surface area contributed by atoms with Gasteiger partial charge in [0.1, 0.15) is 5.75 Å². The van der Waals surface area contributed by atoms with Crippen LogP contribution in [-0.2, 0) is 27.1 Å². The highest BCUT2D eigenvalue weighted by molar-refractivity contribution is 7.54. The first-order valence-electron chi connectivity index (χ1n) is 29.0. The molecule has 68 heavy (non-hydrogen) atoms. The van der Waals surface area contributed by atoms with Gasteiger partial charge in [0.25, 0.3) is 0 Å². The summed E-state index contributed by atoms with van der Waals surface area (Å²) in [5.41, 5.74) is 5.34. The van der Waals surface area contributed by atoms with Gasteiger partial charge in [0.2, 0.25) is 0 Å². The summed E-state index contributed by atoms with van der Waals surface area (Å²) in [5, 5.41) is -1.12. The van der Waals surface area contributed by atoms with Crippen LogP contribution in [0.5, 0.6) is 5.75 Å². The van der Waals surface area contributed by atoms with Gasteiger partial charge in [0.05, 0.1) is 17.4 Å². The Morgan fingerprint density at radius 1 is 0.456 bits per heavy atom. The second-order valence-electron chi connectivity index (χ2n) is 21.6. The van der Waals surface area contributed by atoms with Crippen LogP contribution in [-0.4, -0.2) is 17.1 Å². The molecule has 3 aromatic carbocycles. The Morgan fingerprint density at radius 2 is 0.750 bits per heavy atom. The van der Waals surface area contributed by atoms with Crippen LogP contribution < -0.4 is 4.74 Å². The Bertz CT molecular complexity index is 1630. The maximum atomic E-state index is 14.5. The van der Waals surface area contributed by atoms with Crippen LogP contribution >= 0.6 is 7.60 Å². The minimum absolute atomic E-state index is 0.0576. The van der Waals surface area contributed by atoms with E-state index in [9.17, 15) is 9.46 Å². The van der Waals surface area contributed by atoms with E-state index in [1.807, 2.05) is 20.8 Å². The van der Waals surface area contributed by atoms with Crippen LogP contribution in [0, 0.1) is 0 Å². The van der Waals surface area contributed by atoms with Crippen LogP contribution in [0.2, 0.25) is 0 Å². The maximum absolute atomic E-state index is 14.5. The molecule has 0 aliphatic rings. The number of rotatable bonds is 44. The van der Waals surface area contributed by atoms with Crippen molar-refractivity contribution in [1.29, 1.82) is 0 Å². The van der Waals surface area contributed by atoms with Crippen LogP contribution in [0.15, 0.2) is 72.8 Å². The molecule has 3 aromatic rings. The molecule has 5 heteroatoms. The third-order valence-electron chi connectivity index (χ3n) is 14.7. The third kappa shape index (κ3) is 26.2. The Labute approximate surface area is 420 Å². The zero-order valence-electron chi connectivity index (χ0n) is 45.2. The standard InChI is InChI=1S/C63H105O4P/c1-7-9-11-13-15-17-19-21-23-25-27-29-31-33-35-39-45-55(3)66-62-59(51-57-47-41-37-42-48-57)53-61(54-60(62)52-58-49-43-38-44-50-58)63(5,6)68(64,65)67-56(4)46-40-36-34-32-30-28-26-24-22-20-18-16-14-12-10-8-2/h37-38,41-44,47-50,53-56H,7-36,39-40,45-46,51-52H2,1-6H3,(H,64,65). The van der Waals surface area contributed by atoms with Gasteiger partial charge in [0, 0.05) is 12.8 Å². The lowest BCUT2D eigenvalue weighted by Crippen LogP contribution is -2.23. The SMILES string of the molecule is CCCCCCCCCCCCCCCCCCC(C)Oc1c(Cc2ccccc2)cc(C(C)(C)P(=O)(O)OC(C)CCCCCCCCCCCCCCCCCC)cc1Cc1ccccc1. The first kappa shape index (κ1) is 59.9. The van der Waals surface area contributed by atoms with Gasteiger partial charge in [-0.05, 0) is 74.8 Å². The first-order valence-corrected chi connectivity index (χ1v) is 30.6. The van der Waals surface area contributed by atoms with Crippen molar-refractivity contribution in [3.05, 3.63) is 101 Å². The van der Waals surface area contributed by atoms with Gasteiger partial charge in [0.15, 0.2) is 0 Å². The van der Waals surface area contributed by atoms with Crippen molar-refractivity contribution in [1.82, 2.24) is 0 Å². The lowest BCUT2D eigenvalue weighted by Gasteiger charge is -2.33. The van der Waals surface area contributed by atoms with Gasteiger partial charge in [-0.25, -0.2) is 0 Å².